The summed E-state index contributed by atoms with van der Waals surface area (Å²) >= 11 is 2.34. The van der Waals surface area contributed by atoms with Gasteiger partial charge in [-0.3, -0.25) is 4.98 Å². The van der Waals surface area contributed by atoms with Gasteiger partial charge in [0.15, 0.2) is 0 Å². The number of nitrogens with one attached hydrogen (secondary N) is 2. The molecule has 0 bridgehead atoms. The Labute approximate surface area is 122 Å². The third-order valence-corrected chi connectivity index (χ3v) is 3.49. The number of hydrogen-bond acceptors (Lipinski definition) is 3. The van der Waals surface area contributed by atoms with Crippen LogP contribution in [0.2, 0.25) is 0 Å². The van der Waals surface area contributed by atoms with Gasteiger partial charge in [-0.25, -0.2) is 0 Å². The van der Waals surface area contributed by atoms with Gasteiger partial charge < -0.3 is 10.6 Å². The van der Waals surface area contributed by atoms with Crippen LogP contribution in [0.4, 0.5) is 5.69 Å². The van der Waals surface area contributed by atoms with Crippen molar-refractivity contribution in [3.8, 4) is 0 Å². The zero-order valence-electron chi connectivity index (χ0n) is 10.8. The molecule has 2 N–H and O–H groups in total. The van der Waals surface area contributed by atoms with Crippen LogP contribution in [0.25, 0.3) is 10.9 Å². The Kier molecular flexibility index (Phi) is 4.77. The van der Waals surface area contributed by atoms with Crippen molar-refractivity contribution >= 4 is 39.2 Å². The molecule has 0 fully saturated rings. The summed E-state index contributed by atoms with van der Waals surface area (Å²) in [7, 11) is 1.98. The molecule has 0 aliphatic carbocycles. The molecule has 1 aromatic heterocycles. The maximum absolute atomic E-state index is 4.57. The van der Waals surface area contributed by atoms with Crippen LogP contribution in [-0.4, -0.2) is 25.1 Å². The third kappa shape index (κ3) is 3.32. The summed E-state index contributed by atoms with van der Waals surface area (Å²) < 4.78 is 1.24. The van der Waals surface area contributed by atoms with Crippen molar-refractivity contribution in [2.45, 2.75) is 13.3 Å². The summed E-state index contributed by atoms with van der Waals surface area (Å²) in [4.78, 5) is 4.57. The highest BCUT2D eigenvalue weighted by Gasteiger charge is 2.04. The maximum Gasteiger partial charge on any atom is 0.0726 e. The molecule has 0 amide bonds. The Morgan fingerprint density at radius 1 is 1.22 bits per heavy atom. The van der Waals surface area contributed by atoms with Gasteiger partial charge in [0, 0.05) is 26.9 Å². The lowest BCUT2D eigenvalue weighted by molar-refractivity contribution is 0.748. The van der Waals surface area contributed by atoms with Gasteiger partial charge in [0.2, 0.25) is 0 Å². The van der Waals surface area contributed by atoms with E-state index in [4.69, 9.17) is 0 Å². The van der Waals surface area contributed by atoms with Gasteiger partial charge >= 0.3 is 0 Å². The van der Waals surface area contributed by atoms with E-state index in [1.54, 1.807) is 0 Å². The Morgan fingerprint density at radius 2 is 2.06 bits per heavy atom. The minimum atomic E-state index is 0.977. The van der Waals surface area contributed by atoms with E-state index in [1.807, 2.05) is 14.0 Å². The topological polar surface area (TPSA) is 37.0 Å². The monoisotopic (exact) mass is 355 g/mol. The molecule has 1 heterocycles. The smallest absolute Gasteiger partial charge is 0.0726 e. The number of fused-ring (bicyclic) bond motifs is 1. The lowest BCUT2D eigenvalue weighted by atomic mass is 10.1. The van der Waals surface area contributed by atoms with Crippen LogP contribution >= 0.6 is 22.6 Å². The molecule has 96 valence electrons. The van der Waals surface area contributed by atoms with E-state index in [-0.39, 0.29) is 0 Å². The second kappa shape index (κ2) is 6.33. The average Bonchev–Trinajstić information content (AvgIpc) is 2.35. The number of pyridine rings is 1. The molecule has 3 nitrogen and oxygen atoms in total. The molecule has 0 atom stereocenters. The van der Waals surface area contributed by atoms with Gasteiger partial charge in [-0.15, -0.1) is 0 Å². The number of nitrogens with zero attached hydrogens (tertiary/aromatic N) is 1. The van der Waals surface area contributed by atoms with E-state index < -0.39 is 0 Å². The molecule has 2 rings (SSSR count). The lowest BCUT2D eigenvalue weighted by Gasteiger charge is -2.11. The molecule has 0 saturated carbocycles. The number of aryl methyl sites for hydroxylation is 1. The number of halogens is 1. The Balaban J connectivity index is 2.27. The van der Waals surface area contributed by atoms with Crippen molar-refractivity contribution in [2.24, 2.45) is 0 Å². The molecule has 0 radical (unpaired) electrons. The molecule has 4 heteroatoms. The minimum Gasteiger partial charge on any atom is -0.384 e. The number of benzene rings is 1. The minimum absolute atomic E-state index is 0.977. The first-order valence-electron chi connectivity index (χ1n) is 6.16. The summed E-state index contributed by atoms with van der Waals surface area (Å²) in [6.07, 6.45) is 1.11. The number of rotatable bonds is 5. The summed E-state index contributed by atoms with van der Waals surface area (Å²) in [6, 6.07) is 8.49. The van der Waals surface area contributed by atoms with Crippen LogP contribution in [0.1, 0.15) is 12.1 Å². The van der Waals surface area contributed by atoms with E-state index in [9.17, 15) is 0 Å². The highest BCUT2D eigenvalue weighted by Crippen LogP contribution is 2.24. The van der Waals surface area contributed by atoms with Crippen molar-refractivity contribution in [1.82, 2.24) is 10.3 Å². The molecule has 0 spiro atoms. The predicted octanol–water partition coefficient (Wildman–Crippen LogP) is 3.17. The van der Waals surface area contributed by atoms with E-state index >= 15 is 0 Å². The first-order valence-corrected chi connectivity index (χ1v) is 7.24. The molecule has 0 aliphatic rings. The van der Waals surface area contributed by atoms with E-state index in [1.165, 1.54) is 14.6 Å². The standard InChI is InChI=1S/C14H18IN3/c1-10-8-14(17-7-3-6-16-2)12-9-11(15)4-5-13(12)18-10/h4-5,8-9,16H,3,6-7H2,1-2H3,(H,17,18). The zero-order valence-corrected chi connectivity index (χ0v) is 12.9. The van der Waals surface area contributed by atoms with Crippen LogP contribution in [0, 0.1) is 10.5 Å². The second-order valence-corrected chi connectivity index (χ2v) is 5.60. The largest absolute Gasteiger partial charge is 0.384 e. The van der Waals surface area contributed by atoms with Gasteiger partial charge in [0.05, 0.1) is 5.52 Å². The maximum atomic E-state index is 4.57. The molecular formula is C14H18IN3. The van der Waals surface area contributed by atoms with Gasteiger partial charge in [-0.2, -0.15) is 0 Å². The molecule has 1 aromatic carbocycles. The molecule has 0 aliphatic heterocycles. The fraction of sp³-hybridized carbons (Fsp3) is 0.357. The van der Waals surface area contributed by atoms with Crippen molar-refractivity contribution in [3.05, 3.63) is 33.5 Å². The number of hydrogen-bond donors (Lipinski definition) is 2. The summed E-state index contributed by atoms with van der Waals surface area (Å²) in [5, 5.41) is 7.87. The molecule has 0 unspecified atom stereocenters. The molecule has 2 aromatic rings. The summed E-state index contributed by atoms with van der Waals surface area (Å²) in [6.45, 7) is 4.05. The lowest BCUT2D eigenvalue weighted by Crippen LogP contribution is -2.13. The van der Waals surface area contributed by atoms with Crippen molar-refractivity contribution < 1.29 is 0 Å². The Morgan fingerprint density at radius 3 is 2.83 bits per heavy atom. The van der Waals surface area contributed by atoms with Crippen LogP contribution in [0.5, 0.6) is 0 Å². The van der Waals surface area contributed by atoms with Gasteiger partial charge in [0.1, 0.15) is 0 Å². The van der Waals surface area contributed by atoms with Crippen molar-refractivity contribution in [3.63, 3.8) is 0 Å². The molecule has 18 heavy (non-hydrogen) atoms. The van der Waals surface area contributed by atoms with Crippen LogP contribution in [0.15, 0.2) is 24.3 Å². The summed E-state index contributed by atoms with van der Waals surface area (Å²) in [5.74, 6) is 0. The Hall–Kier alpha value is -0.880. The van der Waals surface area contributed by atoms with Gasteiger partial charge in [-0.05, 0) is 73.8 Å². The third-order valence-electron chi connectivity index (χ3n) is 2.82. The van der Waals surface area contributed by atoms with Gasteiger partial charge in [0.25, 0.3) is 0 Å². The van der Waals surface area contributed by atoms with E-state index in [0.29, 0.717) is 0 Å². The SMILES string of the molecule is CNCCCNc1cc(C)nc2ccc(I)cc12. The predicted molar refractivity (Wildman–Crippen MR) is 86.2 cm³/mol. The fourth-order valence-electron chi connectivity index (χ4n) is 1.96. The van der Waals surface area contributed by atoms with E-state index in [0.717, 1.165) is 30.7 Å². The van der Waals surface area contributed by atoms with Crippen LogP contribution < -0.4 is 10.6 Å². The normalized spacial score (nSPS) is 10.8. The number of anilines is 1. The zero-order chi connectivity index (χ0) is 13.0. The second-order valence-electron chi connectivity index (χ2n) is 4.36. The van der Waals surface area contributed by atoms with Crippen molar-refractivity contribution in [1.29, 1.82) is 0 Å². The molecule has 0 saturated heterocycles. The van der Waals surface area contributed by atoms with Crippen LogP contribution in [0.3, 0.4) is 0 Å². The quantitative estimate of drug-likeness (QED) is 0.639. The first kappa shape index (κ1) is 13.5. The van der Waals surface area contributed by atoms with E-state index in [2.05, 4.69) is 62.5 Å². The van der Waals surface area contributed by atoms with Crippen LogP contribution in [-0.2, 0) is 0 Å². The average molecular weight is 355 g/mol. The van der Waals surface area contributed by atoms with Gasteiger partial charge in [-0.1, -0.05) is 0 Å². The highest BCUT2D eigenvalue weighted by molar-refractivity contribution is 14.1. The van der Waals surface area contributed by atoms with Crippen molar-refractivity contribution in [2.75, 3.05) is 25.5 Å². The highest BCUT2D eigenvalue weighted by atomic mass is 127. The first-order chi connectivity index (χ1) is 8.70. The Bertz CT molecular complexity index is 540. The number of aromatic nitrogens is 1. The fourth-order valence-corrected chi connectivity index (χ4v) is 2.46. The molecular weight excluding hydrogens is 337 g/mol. The summed E-state index contributed by atoms with van der Waals surface area (Å²) in [5.41, 5.74) is 3.30.